The number of carbonyl (C=O) groups excluding carboxylic acids is 1. The van der Waals surface area contributed by atoms with Gasteiger partial charge in [0.2, 0.25) is 5.91 Å². The summed E-state index contributed by atoms with van der Waals surface area (Å²) in [6.45, 7) is 9.36. The van der Waals surface area contributed by atoms with Crippen LogP contribution in [0.2, 0.25) is 0 Å². The van der Waals surface area contributed by atoms with E-state index in [4.69, 9.17) is 0 Å². The second-order valence-corrected chi connectivity index (χ2v) is 8.00. The Labute approximate surface area is 156 Å². The minimum absolute atomic E-state index is 0.0270. The van der Waals surface area contributed by atoms with Crippen molar-refractivity contribution < 1.29 is 13.6 Å². The van der Waals surface area contributed by atoms with Gasteiger partial charge in [0.15, 0.2) is 17.5 Å². The summed E-state index contributed by atoms with van der Waals surface area (Å²) in [5.74, 6) is -1.14. The fourth-order valence-electron chi connectivity index (χ4n) is 3.04. The first kappa shape index (κ1) is 19.3. The zero-order valence-electron chi connectivity index (χ0n) is 15.8. The third kappa shape index (κ3) is 4.85. The van der Waals surface area contributed by atoms with Crippen molar-refractivity contribution in [3.05, 3.63) is 35.7 Å². The van der Waals surface area contributed by atoms with Gasteiger partial charge in [-0.15, -0.1) is 5.10 Å². The van der Waals surface area contributed by atoms with Crippen molar-refractivity contribution in [3.63, 3.8) is 0 Å². The Morgan fingerprint density at radius 1 is 1.11 bits per heavy atom. The quantitative estimate of drug-likeness (QED) is 0.814. The molecule has 27 heavy (non-hydrogen) atoms. The molecule has 1 aromatic heterocycles. The van der Waals surface area contributed by atoms with E-state index in [-0.39, 0.29) is 11.3 Å². The SMILES string of the molecule is CC(C)(C)CC(=O)N1CCN(Cc2nnnn2-c2ccc(F)c(F)c2)CC1. The van der Waals surface area contributed by atoms with Crippen LogP contribution in [-0.2, 0) is 11.3 Å². The van der Waals surface area contributed by atoms with Crippen molar-refractivity contribution in [3.8, 4) is 5.69 Å². The third-order valence-electron chi connectivity index (χ3n) is 4.45. The van der Waals surface area contributed by atoms with Crippen molar-refractivity contribution >= 4 is 5.91 Å². The lowest BCUT2D eigenvalue weighted by Gasteiger charge is -2.35. The number of halogens is 2. The highest BCUT2D eigenvalue weighted by Gasteiger charge is 2.25. The van der Waals surface area contributed by atoms with E-state index in [0.29, 0.717) is 50.7 Å². The van der Waals surface area contributed by atoms with Crippen LogP contribution in [0.15, 0.2) is 18.2 Å². The molecular formula is C18H24F2N6O. The van der Waals surface area contributed by atoms with E-state index in [9.17, 15) is 13.6 Å². The van der Waals surface area contributed by atoms with Crippen LogP contribution in [0.5, 0.6) is 0 Å². The lowest BCUT2D eigenvalue weighted by molar-refractivity contribution is -0.134. The number of hydrogen-bond donors (Lipinski definition) is 0. The van der Waals surface area contributed by atoms with Crippen LogP contribution in [0, 0.1) is 17.0 Å². The number of amides is 1. The monoisotopic (exact) mass is 378 g/mol. The van der Waals surface area contributed by atoms with E-state index < -0.39 is 11.6 Å². The van der Waals surface area contributed by atoms with Crippen molar-refractivity contribution in [2.45, 2.75) is 33.7 Å². The topological polar surface area (TPSA) is 67.2 Å². The van der Waals surface area contributed by atoms with Gasteiger partial charge in [-0.1, -0.05) is 20.8 Å². The summed E-state index contributed by atoms with van der Waals surface area (Å²) in [6, 6.07) is 3.55. The molecule has 0 saturated carbocycles. The molecule has 7 nitrogen and oxygen atoms in total. The molecule has 2 aromatic rings. The Morgan fingerprint density at radius 2 is 1.81 bits per heavy atom. The predicted molar refractivity (Wildman–Crippen MR) is 95.0 cm³/mol. The molecule has 1 saturated heterocycles. The maximum absolute atomic E-state index is 13.5. The van der Waals surface area contributed by atoms with Crippen molar-refractivity contribution in [2.24, 2.45) is 5.41 Å². The second-order valence-electron chi connectivity index (χ2n) is 8.00. The van der Waals surface area contributed by atoms with Gasteiger partial charge >= 0.3 is 0 Å². The normalized spacial score (nSPS) is 16.0. The van der Waals surface area contributed by atoms with Gasteiger partial charge in [0.1, 0.15) is 0 Å². The van der Waals surface area contributed by atoms with E-state index in [1.54, 1.807) is 0 Å². The lowest BCUT2D eigenvalue weighted by atomic mass is 9.91. The summed E-state index contributed by atoms with van der Waals surface area (Å²) in [7, 11) is 0. The number of nitrogens with zero attached hydrogens (tertiary/aromatic N) is 6. The minimum Gasteiger partial charge on any atom is -0.340 e. The van der Waals surface area contributed by atoms with E-state index in [1.165, 1.54) is 10.7 Å². The summed E-state index contributed by atoms with van der Waals surface area (Å²) in [4.78, 5) is 16.4. The Hall–Kier alpha value is -2.42. The first-order chi connectivity index (χ1) is 12.7. The van der Waals surface area contributed by atoms with Crippen molar-refractivity contribution in [1.29, 1.82) is 0 Å². The fourth-order valence-corrected chi connectivity index (χ4v) is 3.04. The Bertz CT molecular complexity index is 808. The fraction of sp³-hybridized carbons (Fsp3) is 0.556. The Balaban J connectivity index is 1.61. The van der Waals surface area contributed by atoms with Gasteiger partial charge in [-0.3, -0.25) is 9.69 Å². The molecular weight excluding hydrogens is 354 g/mol. The lowest BCUT2D eigenvalue weighted by Crippen LogP contribution is -2.49. The minimum atomic E-state index is -0.945. The largest absolute Gasteiger partial charge is 0.340 e. The average molecular weight is 378 g/mol. The number of tetrazole rings is 1. The van der Waals surface area contributed by atoms with Gasteiger partial charge in [0.25, 0.3) is 0 Å². The molecule has 0 N–H and O–H groups in total. The molecule has 1 aliphatic rings. The summed E-state index contributed by atoms with van der Waals surface area (Å²) in [6.07, 6.45) is 0.529. The number of carbonyl (C=O) groups is 1. The highest BCUT2D eigenvalue weighted by Crippen LogP contribution is 2.21. The van der Waals surface area contributed by atoms with Gasteiger partial charge in [0.05, 0.1) is 12.2 Å². The predicted octanol–water partition coefficient (Wildman–Crippen LogP) is 2.02. The molecule has 1 fully saturated rings. The molecule has 1 aromatic carbocycles. The van der Waals surface area contributed by atoms with Gasteiger partial charge < -0.3 is 4.90 Å². The molecule has 1 aliphatic heterocycles. The number of benzene rings is 1. The summed E-state index contributed by atoms with van der Waals surface area (Å²) < 4.78 is 28.0. The van der Waals surface area contributed by atoms with Crippen LogP contribution in [0.1, 0.15) is 33.0 Å². The van der Waals surface area contributed by atoms with Crippen molar-refractivity contribution in [1.82, 2.24) is 30.0 Å². The molecule has 9 heteroatoms. The van der Waals surface area contributed by atoms with Gasteiger partial charge in [0, 0.05) is 38.7 Å². The first-order valence-corrected chi connectivity index (χ1v) is 8.96. The van der Waals surface area contributed by atoms with Crippen molar-refractivity contribution in [2.75, 3.05) is 26.2 Å². The highest BCUT2D eigenvalue weighted by atomic mass is 19.2. The molecule has 3 rings (SSSR count). The number of aromatic nitrogens is 4. The molecule has 0 unspecified atom stereocenters. The number of rotatable bonds is 4. The first-order valence-electron chi connectivity index (χ1n) is 8.96. The summed E-state index contributed by atoms with van der Waals surface area (Å²) in [5.41, 5.74) is 0.341. The van der Waals surface area contributed by atoms with Crippen LogP contribution < -0.4 is 0 Å². The molecule has 2 heterocycles. The van der Waals surface area contributed by atoms with E-state index in [2.05, 4.69) is 41.2 Å². The molecule has 0 atom stereocenters. The Kier molecular flexibility index (Phi) is 5.50. The van der Waals surface area contributed by atoms with Gasteiger partial charge in [-0.05, 0) is 28.0 Å². The molecule has 0 spiro atoms. The van der Waals surface area contributed by atoms with Gasteiger partial charge in [-0.25, -0.2) is 8.78 Å². The molecule has 0 aliphatic carbocycles. The maximum Gasteiger partial charge on any atom is 0.223 e. The zero-order valence-corrected chi connectivity index (χ0v) is 15.8. The van der Waals surface area contributed by atoms with Crippen LogP contribution in [0.3, 0.4) is 0 Å². The maximum atomic E-state index is 13.5. The van der Waals surface area contributed by atoms with E-state index >= 15 is 0 Å². The average Bonchev–Trinajstić information content (AvgIpc) is 3.04. The number of hydrogen-bond acceptors (Lipinski definition) is 5. The summed E-state index contributed by atoms with van der Waals surface area (Å²) >= 11 is 0. The van der Waals surface area contributed by atoms with Crippen LogP contribution in [0.4, 0.5) is 8.78 Å². The van der Waals surface area contributed by atoms with Gasteiger partial charge in [-0.2, -0.15) is 4.68 Å². The second kappa shape index (κ2) is 7.67. The van der Waals surface area contributed by atoms with E-state index in [1.807, 2.05) is 4.90 Å². The standard InChI is InChI=1S/C18H24F2N6O/c1-18(2,3)11-17(27)25-8-6-24(7-9-25)12-16-21-22-23-26(16)13-4-5-14(19)15(20)10-13/h4-5,10H,6-9,11-12H2,1-3H3. The zero-order chi connectivity index (χ0) is 19.6. The molecule has 0 bridgehead atoms. The van der Waals surface area contributed by atoms with E-state index in [0.717, 1.165) is 12.1 Å². The Morgan fingerprint density at radius 3 is 2.44 bits per heavy atom. The smallest absolute Gasteiger partial charge is 0.223 e. The molecule has 1 amide bonds. The van der Waals surface area contributed by atoms with Crippen LogP contribution in [0.25, 0.3) is 5.69 Å². The third-order valence-corrected chi connectivity index (χ3v) is 4.45. The number of piperazine rings is 1. The van der Waals surface area contributed by atoms with Crippen LogP contribution in [-0.4, -0.2) is 62.1 Å². The molecule has 0 radical (unpaired) electrons. The summed E-state index contributed by atoms with van der Waals surface area (Å²) in [5, 5.41) is 11.5. The highest BCUT2D eigenvalue weighted by molar-refractivity contribution is 5.76. The molecule has 146 valence electrons. The van der Waals surface area contributed by atoms with Crippen LogP contribution >= 0.6 is 0 Å².